The van der Waals surface area contributed by atoms with E-state index < -0.39 is 0 Å². The van der Waals surface area contributed by atoms with Crippen LogP contribution in [0.4, 0.5) is 0 Å². The van der Waals surface area contributed by atoms with Gasteiger partial charge in [-0.15, -0.1) is 0 Å². The molecular weight excluding hydrogens is 348 g/mol. The smallest absolute Gasteiger partial charge is 0.0325 e. The number of rotatable bonds is 22. The van der Waals surface area contributed by atoms with E-state index in [9.17, 15) is 0 Å². The number of hydrogen-bond donors (Lipinski definition) is 0. The Balaban J connectivity index is 3.43. The van der Waals surface area contributed by atoms with Crippen LogP contribution in [0.2, 0.25) is 0 Å². The van der Waals surface area contributed by atoms with Gasteiger partial charge in [0.2, 0.25) is 0 Å². The van der Waals surface area contributed by atoms with Crippen LogP contribution in [0.5, 0.6) is 0 Å². The Hall–Kier alpha value is -0.260. The van der Waals surface area contributed by atoms with Crippen molar-refractivity contribution in [2.45, 2.75) is 143 Å². The summed E-state index contributed by atoms with van der Waals surface area (Å²) >= 11 is 0. The molecule has 0 saturated carbocycles. The van der Waals surface area contributed by atoms with Gasteiger partial charge in [0.05, 0.1) is 0 Å². The Morgan fingerprint density at radius 3 is 1.48 bits per heavy atom. The molecule has 0 fully saturated rings. The third-order valence-corrected chi connectivity index (χ3v) is 6.56. The van der Waals surface area contributed by atoms with Gasteiger partial charge in [0.25, 0.3) is 0 Å². The molecule has 0 rings (SSSR count). The molecule has 0 heterocycles. The van der Waals surface area contributed by atoms with E-state index in [1.807, 2.05) is 0 Å². The van der Waals surface area contributed by atoms with Gasteiger partial charge in [0.15, 0.2) is 0 Å². The van der Waals surface area contributed by atoms with Gasteiger partial charge in [-0.05, 0) is 37.0 Å². The van der Waals surface area contributed by atoms with Gasteiger partial charge < -0.3 is 0 Å². The van der Waals surface area contributed by atoms with Crippen LogP contribution in [0, 0.1) is 31.6 Å². The molecule has 0 aliphatic rings. The third-order valence-electron chi connectivity index (χ3n) is 6.56. The van der Waals surface area contributed by atoms with E-state index in [-0.39, 0.29) is 0 Å². The minimum Gasteiger partial charge on any atom is -0.0885 e. The molecule has 0 bridgehead atoms. The van der Waals surface area contributed by atoms with Gasteiger partial charge in [0, 0.05) is 0 Å². The van der Waals surface area contributed by atoms with Crippen LogP contribution in [-0.2, 0) is 0 Å². The van der Waals surface area contributed by atoms with E-state index in [0.29, 0.717) is 0 Å². The number of unbranched alkanes of at least 4 members (excludes halogenated alkanes) is 9. The second-order valence-corrected chi connectivity index (χ2v) is 10.00. The third kappa shape index (κ3) is 22.3. The summed E-state index contributed by atoms with van der Waals surface area (Å²) in [7, 11) is 0. The predicted octanol–water partition coefficient (Wildman–Crippen LogP) is 10.5. The topological polar surface area (TPSA) is 0 Å². The second kappa shape index (κ2) is 22.4. The van der Waals surface area contributed by atoms with Gasteiger partial charge in [-0.3, -0.25) is 0 Å². The van der Waals surface area contributed by atoms with E-state index in [4.69, 9.17) is 0 Å². The van der Waals surface area contributed by atoms with E-state index >= 15 is 0 Å². The van der Waals surface area contributed by atoms with Crippen molar-refractivity contribution in [1.29, 1.82) is 0 Å². The maximum absolute atomic E-state index is 3.92. The first kappa shape index (κ1) is 28.7. The van der Waals surface area contributed by atoms with E-state index in [2.05, 4.69) is 46.8 Å². The van der Waals surface area contributed by atoms with Crippen LogP contribution in [-0.4, -0.2) is 0 Å². The van der Waals surface area contributed by atoms with Gasteiger partial charge in [0.1, 0.15) is 0 Å². The maximum Gasteiger partial charge on any atom is -0.0325 e. The fourth-order valence-electron chi connectivity index (χ4n) is 4.32. The van der Waals surface area contributed by atoms with E-state index in [0.717, 1.165) is 37.0 Å². The van der Waals surface area contributed by atoms with Crippen molar-refractivity contribution in [2.24, 2.45) is 17.8 Å². The Morgan fingerprint density at radius 1 is 0.483 bits per heavy atom. The Bertz CT molecular complexity index is 329. The summed E-state index contributed by atoms with van der Waals surface area (Å²) in [6, 6.07) is 0. The largest absolute Gasteiger partial charge is 0.0885 e. The minimum absolute atomic E-state index is 0.845. The van der Waals surface area contributed by atoms with Gasteiger partial charge in [-0.1, -0.05) is 150 Å². The molecule has 0 aliphatic carbocycles. The molecule has 3 unspecified atom stereocenters. The first-order chi connectivity index (χ1) is 14.1. The van der Waals surface area contributed by atoms with Crippen molar-refractivity contribution < 1.29 is 0 Å². The van der Waals surface area contributed by atoms with Crippen molar-refractivity contribution >= 4 is 0 Å². The van der Waals surface area contributed by atoms with Crippen LogP contribution in [0.15, 0.2) is 12.2 Å². The van der Waals surface area contributed by atoms with E-state index in [1.54, 1.807) is 0 Å². The van der Waals surface area contributed by atoms with Crippen LogP contribution < -0.4 is 0 Å². The SMILES string of the molecule is [CH2]CCC=CCC(C)CCCC(C)CCCCC(C)CCCCCCCCC[CH2]. The van der Waals surface area contributed by atoms with Crippen molar-refractivity contribution in [1.82, 2.24) is 0 Å². The molecule has 0 N–H and O–H groups in total. The lowest BCUT2D eigenvalue weighted by Crippen LogP contribution is -2.00. The summed E-state index contributed by atoms with van der Waals surface area (Å²) in [4.78, 5) is 0. The number of allylic oxidation sites excluding steroid dienone is 2. The average Bonchev–Trinajstić information content (AvgIpc) is 2.70. The molecule has 2 radical (unpaired) electrons. The zero-order valence-electron chi connectivity index (χ0n) is 20.7. The zero-order chi connectivity index (χ0) is 21.6. The molecule has 0 aliphatic heterocycles. The molecule has 0 aromatic heterocycles. The fourth-order valence-corrected chi connectivity index (χ4v) is 4.32. The predicted molar refractivity (Wildman–Crippen MR) is 135 cm³/mol. The number of hydrogen-bond acceptors (Lipinski definition) is 0. The normalized spacial score (nSPS) is 15.1. The molecule has 0 heteroatoms. The van der Waals surface area contributed by atoms with Crippen molar-refractivity contribution in [3.05, 3.63) is 26.0 Å². The monoisotopic (exact) mass is 404 g/mol. The molecule has 0 aromatic carbocycles. The maximum atomic E-state index is 3.92. The second-order valence-electron chi connectivity index (χ2n) is 10.00. The molecule has 29 heavy (non-hydrogen) atoms. The van der Waals surface area contributed by atoms with Crippen molar-refractivity contribution in [2.75, 3.05) is 0 Å². The van der Waals surface area contributed by atoms with Gasteiger partial charge in [-0.2, -0.15) is 0 Å². The lowest BCUT2D eigenvalue weighted by Gasteiger charge is -2.15. The summed E-state index contributed by atoms with van der Waals surface area (Å²) in [5, 5.41) is 0. The van der Waals surface area contributed by atoms with Crippen molar-refractivity contribution in [3.8, 4) is 0 Å². The Labute approximate surface area is 186 Å². The highest BCUT2D eigenvalue weighted by molar-refractivity contribution is 4.83. The first-order valence-electron chi connectivity index (χ1n) is 13.3. The minimum atomic E-state index is 0.845. The van der Waals surface area contributed by atoms with Gasteiger partial charge >= 0.3 is 0 Å². The van der Waals surface area contributed by atoms with Crippen LogP contribution in [0.1, 0.15) is 143 Å². The summed E-state index contributed by atoms with van der Waals surface area (Å²) in [5.74, 6) is 2.70. The summed E-state index contributed by atoms with van der Waals surface area (Å²) < 4.78 is 0. The van der Waals surface area contributed by atoms with Crippen LogP contribution >= 0.6 is 0 Å². The van der Waals surface area contributed by atoms with Crippen LogP contribution in [0.3, 0.4) is 0 Å². The first-order valence-corrected chi connectivity index (χ1v) is 13.3. The molecular formula is C29H56. The zero-order valence-corrected chi connectivity index (χ0v) is 20.7. The molecule has 0 amide bonds. The summed E-state index contributed by atoms with van der Waals surface area (Å²) in [5.41, 5.74) is 0. The van der Waals surface area contributed by atoms with Crippen molar-refractivity contribution in [3.63, 3.8) is 0 Å². The molecule has 172 valence electrons. The highest BCUT2D eigenvalue weighted by Gasteiger charge is 2.06. The Morgan fingerprint density at radius 2 is 0.931 bits per heavy atom. The van der Waals surface area contributed by atoms with E-state index in [1.165, 1.54) is 103 Å². The highest BCUT2D eigenvalue weighted by Crippen LogP contribution is 2.22. The average molecular weight is 405 g/mol. The highest BCUT2D eigenvalue weighted by atomic mass is 14.1. The quantitative estimate of drug-likeness (QED) is 0.124. The van der Waals surface area contributed by atoms with Gasteiger partial charge in [-0.25, -0.2) is 0 Å². The fraction of sp³-hybridized carbons (Fsp3) is 0.862. The molecule has 0 nitrogen and oxygen atoms in total. The Kier molecular flexibility index (Phi) is 22.2. The molecule has 3 atom stereocenters. The lowest BCUT2D eigenvalue weighted by atomic mass is 9.91. The molecule has 0 saturated heterocycles. The standard InChI is InChI=1S/C29H56/c1-6-8-10-12-13-14-15-17-22-27(3)23-18-19-24-29(5)26-20-25-28(4)21-16-11-9-7-2/h11,16,27-29H,1-2,6-10,12-15,17-26H2,3-5H3. The van der Waals surface area contributed by atoms with Crippen LogP contribution in [0.25, 0.3) is 0 Å². The summed E-state index contributed by atoms with van der Waals surface area (Å²) in [6.45, 7) is 15.2. The summed E-state index contributed by atoms with van der Waals surface area (Å²) in [6.07, 6.45) is 30.6. The lowest BCUT2D eigenvalue weighted by molar-refractivity contribution is 0.391. The molecule has 0 aromatic rings. The molecule has 0 spiro atoms.